The number of hydrogen-bond acceptors (Lipinski definition) is 3. The van der Waals surface area contributed by atoms with Gasteiger partial charge in [0.2, 0.25) is 0 Å². The summed E-state index contributed by atoms with van der Waals surface area (Å²) in [7, 11) is 0. The minimum atomic E-state index is -0.430. The van der Waals surface area contributed by atoms with Crippen molar-refractivity contribution in [1.29, 1.82) is 0 Å². The summed E-state index contributed by atoms with van der Waals surface area (Å²) in [6.45, 7) is 4.93. The van der Waals surface area contributed by atoms with E-state index >= 15 is 0 Å². The van der Waals surface area contributed by atoms with Crippen LogP contribution in [0.25, 0.3) is 0 Å². The molecule has 98 valence electrons. The number of benzene rings is 1. The highest BCUT2D eigenvalue weighted by molar-refractivity contribution is 6.31. The summed E-state index contributed by atoms with van der Waals surface area (Å²) < 4.78 is 0. The van der Waals surface area contributed by atoms with Gasteiger partial charge in [-0.15, -0.1) is 0 Å². The summed E-state index contributed by atoms with van der Waals surface area (Å²) in [5.74, 6) is -0.430. The van der Waals surface area contributed by atoms with E-state index in [2.05, 4.69) is 17.1 Å². The maximum atomic E-state index is 11.5. The second kappa shape index (κ2) is 5.59. The van der Waals surface area contributed by atoms with Crippen LogP contribution in [-0.4, -0.2) is 31.6 Å². The van der Waals surface area contributed by atoms with Crippen LogP contribution in [0, 0.1) is 0 Å². The Labute approximate surface area is 112 Å². The number of anilines is 1. The second-order valence-corrected chi connectivity index (χ2v) is 4.97. The molecule has 2 rings (SSSR count). The predicted octanol–water partition coefficient (Wildman–Crippen LogP) is 1.63. The van der Waals surface area contributed by atoms with Gasteiger partial charge in [0.25, 0.3) is 5.91 Å². The largest absolute Gasteiger partial charge is 0.366 e. The molecule has 0 unspecified atom stereocenters. The van der Waals surface area contributed by atoms with Crippen LogP contribution in [0.4, 0.5) is 5.69 Å². The molecule has 0 atom stereocenters. The monoisotopic (exact) mass is 267 g/mol. The molecular formula is C13H18ClN3O. The van der Waals surface area contributed by atoms with Crippen molar-refractivity contribution >= 4 is 23.2 Å². The summed E-state index contributed by atoms with van der Waals surface area (Å²) in [5.41, 5.74) is 6.83. The average molecular weight is 268 g/mol. The van der Waals surface area contributed by atoms with E-state index in [4.69, 9.17) is 17.3 Å². The molecule has 1 aromatic carbocycles. The van der Waals surface area contributed by atoms with Crippen molar-refractivity contribution in [3.8, 4) is 0 Å². The van der Waals surface area contributed by atoms with Gasteiger partial charge in [-0.1, -0.05) is 18.5 Å². The number of carbonyl (C=O) groups excluding carboxylic acids is 1. The van der Waals surface area contributed by atoms with Crippen LogP contribution in [0.15, 0.2) is 18.2 Å². The summed E-state index contributed by atoms with van der Waals surface area (Å²) in [4.78, 5) is 13.8. The van der Waals surface area contributed by atoms with Crippen LogP contribution in [0.2, 0.25) is 5.02 Å². The molecule has 1 aromatic rings. The maximum Gasteiger partial charge on any atom is 0.250 e. The smallest absolute Gasteiger partial charge is 0.250 e. The molecule has 1 fully saturated rings. The predicted molar refractivity (Wildman–Crippen MR) is 74.3 cm³/mol. The first-order chi connectivity index (χ1) is 8.63. The van der Waals surface area contributed by atoms with Gasteiger partial charge in [-0.3, -0.25) is 4.79 Å². The van der Waals surface area contributed by atoms with Gasteiger partial charge in [-0.25, -0.2) is 0 Å². The van der Waals surface area contributed by atoms with Crippen molar-refractivity contribution in [1.82, 2.24) is 5.32 Å². The Kier molecular flexibility index (Phi) is 4.09. The number of nitrogens with two attached hydrogens (primary N) is 1. The van der Waals surface area contributed by atoms with Crippen molar-refractivity contribution < 1.29 is 4.79 Å². The first-order valence-electron chi connectivity index (χ1n) is 6.20. The summed E-state index contributed by atoms with van der Waals surface area (Å²) in [6.07, 6.45) is 1.03. The SMILES string of the molecule is CCCN(c1ccc(Cl)cc1C(N)=O)C1CNC1. The molecule has 1 amide bonds. The highest BCUT2D eigenvalue weighted by Crippen LogP contribution is 2.27. The van der Waals surface area contributed by atoms with Crippen molar-refractivity contribution in [2.45, 2.75) is 19.4 Å². The zero-order valence-corrected chi connectivity index (χ0v) is 11.2. The minimum absolute atomic E-state index is 0.430. The molecule has 0 radical (unpaired) electrons. The summed E-state index contributed by atoms with van der Waals surface area (Å²) >= 11 is 5.93. The molecule has 0 aromatic heterocycles. The van der Waals surface area contributed by atoms with Crippen LogP contribution in [0.3, 0.4) is 0 Å². The first kappa shape index (κ1) is 13.2. The Hall–Kier alpha value is -1.26. The molecule has 0 aliphatic carbocycles. The number of hydrogen-bond donors (Lipinski definition) is 2. The van der Waals surface area contributed by atoms with Crippen LogP contribution in [0.1, 0.15) is 23.7 Å². The second-order valence-electron chi connectivity index (χ2n) is 4.53. The molecule has 5 heteroatoms. The van der Waals surface area contributed by atoms with E-state index in [0.29, 0.717) is 16.6 Å². The lowest BCUT2D eigenvalue weighted by atomic mass is 10.1. The highest BCUT2D eigenvalue weighted by Gasteiger charge is 2.26. The number of carbonyl (C=O) groups is 1. The lowest BCUT2D eigenvalue weighted by Crippen LogP contribution is -2.58. The molecule has 1 aliphatic heterocycles. The molecule has 1 saturated heterocycles. The van der Waals surface area contributed by atoms with Gasteiger partial charge in [-0.05, 0) is 24.6 Å². The fourth-order valence-electron chi connectivity index (χ4n) is 2.19. The molecule has 0 bridgehead atoms. The highest BCUT2D eigenvalue weighted by atomic mass is 35.5. The third kappa shape index (κ3) is 2.60. The number of halogens is 1. The van der Waals surface area contributed by atoms with Gasteiger partial charge < -0.3 is 16.0 Å². The van der Waals surface area contributed by atoms with E-state index in [9.17, 15) is 4.79 Å². The molecule has 18 heavy (non-hydrogen) atoms. The van der Waals surface area contributed by atoms with Gasteiger partial charge in [0.1, 0.15) is 0 Å². The maximum absolute atomic E-state index is 11.5. The van der Waals surface area contributed by atoms with Crippen LogP contribution < -0.4 is 16.0 Å². The molecule has 1 aliphatic rings. The molecule has 4 nitrogen and oxygen atoms in total. The van der Waals surface area contributed by atoms with E-state index in [1.807, 2.05) is 6.07 Å². The molecule has 0 saturated carbocycles. The van der Waals surface area contributed by atoms with E-state index in [0.717, 1.165) is 31.7 Å². The normalized spacial score (nSPS) is 15.2. The quantitative estimate of drug-likeness (QED) is 0.853. The number of nitrogens with zero attached hydrogens (tertiary/aromatic N) is 1. The van der Waals surface area contributed by atoms with Gasteiger partial charge in [0.05, 0.1) is 11.6 Å². The van der Waals surface area contributed by atoms with E-state index < -0.39 is 5.91 Å². The van der Waals surface area contributed by atoms with Gasteiger partial charge >= 0.3 is 0 Å². The fraction of sp³-hybridized carbons (Fsp3) is 0.462. The molecule has 3 N–H and O–H groups in total. The number of primary amides is 1. The van der Waals surface area contributed by atoms with Crippen LogP contribution in [0.5, 0.6) is 0 Å². The van der Waals surface area contributed by atoms with E-state index in [1.165, 1.54) is 0 Å². The summed E-state index contributed by atoms with van der Waals surface area (Å²) in [5, 5.41) is 3.78. The number of rotatable bonds is 5. The third-order valence-corrected chi connectivity index (χ3v) is 3.43. The molecule has 1 heterocycles. The van der Waals surface area contributed by atoms with Crippen molar-refractivity contribution in [3.63, 3.8) is 0 Å². The van der Waals surface area contributed by atoms with E-state index in [1.54, 1.807) is 12.1 Å². The van der Waals surface area contributed by atoms with Crippen molar-refractivity contribution in [2.24, 2.45) is 5.73 Å². The molecule has 0 spiro atoms. The Morgan fingerprint density at radius 3 is 2.78 bits per heavy atom. The van der Waals surface area contributed by atoms with Crippen molar-refractivity contribution in [2.75, 3.05) is 24.5 Å². The number of amides is 1. The zero-order valence-electron chi connectivity index (χ0n) is 10.4. The first-order valence-corrected chi connectivity index (χ1v) is 6.58. The van der Waals surface area contributed by atoms with Crippen LogP contribution >= 0.6 is 11.6 Å². The standard InChI is InChI=1S/C13H18ClN3O/c1-2-5-17(10-7-16-8-10)12-4-3-9(14)6-11(12)13(15)18/h3-4,6,10,16H,2,5,7-8H2,1H3,(H2,15,18). The lowest BCUT2D eigenvalue weighted by Gasteiger charge is -2.40. The fourth-order valence-corrected chi connectivity index (χ4v) is 2.36. The Balaban J connectivity index is 2.36. The number of nitrogens with one attached hydrogen (secondary N) is 1. The summed E-state index contributed by atoms with van der Waals surface area (Å²) in [6, 6.07) is 5.77. The Bertz CT molecular complexity index is 446. The van der Waals surface area contributed by atoms with Gasteiger partial charge in [-0.2, -0.15) is 0 Å². The van der Waals surface area contributed by atoms with Gasteiger partial charge in [0.15, 0.2) is 0 Å². The van der Waals surface area contributed by atoms with Gasteiger partial charge in [0, 0.05) is 30.3 Å². The average Bonchev–Trinajstić information content (AvgIpc) is 2.26. The minimum Gasteiger partial charge on any atom is -0.366 e. The zero-order chi connectivity index (χ0) is 13.1. The third-order valence-electron chi connectivity index (χ3n) is 3.20. The van der Waals surface area contributed by atoms with Crippen LogP contribution in [-0.2, 0) is 0 Å². The van der Waals surface area contributed by atoms with Crippen molar-refractivity contribution in [3.05, 3.63) is 28.8 Å². The lowest BCUT2D eigenvalue weighted by molar-refractivity contribution is 0.100. The Morgan fingerprint density at radius 2 is 2.28 bits per heavy atom. The van der Waals surface area contributed by atoms with E-state index in [-0.39, 0.29) is 0 Å². The molecular weight excluding hydrogens is 250 g/mol. The topological polar surface area (TPSA) is 58.4 Å². The Morgan fingerprint density at radius 1 is 1.56 bits per heavy atom.